The number of esters is 1. The largest absolute Gasteiger partial charge is 0.462 e. The predicted molar refractivity (Wildman–Crippen MR) is 115 cm³/mol. The molecule has 0 bridgehead atoms. The molecule has 0 N–H and O–H groups in total. The van der Waals surface area contributed by atoms with Gasteiger partial charge in [0.1, 0.15) is 12.0 Å². The number of hydrogen-bond donors (Lipinski definition) is 0. The smallest absolute Gasteiger partial charge is 0.315 e. The topological polar surface area (TPSA) is 74.2 Å². The Hall–Kier alpha value is -2.63. The SMILES string of the molecule is CC1=NC2=C(C(=O)CCC2)[C@@H](c2ccc3c(c2)OCO3)C1C(=O)OC1CCCCCC1. The molecule has 6 heteroatoms. The molecule has 1 unspecified atom stereocenters. The molecule has 0 amide bonds. The first kappa shape index (κ1) is 20.3. The van der Waals surface area contributed by atoms with Crippen LogP contribution in [0.3, 0.4) is 0 Å². The molecule has 5 rings (SSSR count). The van der Waals surface area contributed by atoms with E-state index in [1.807, 2.05) is 25.1 Å². The van der Waals surface area contributed by atoms with Gasteiger partial charge in [-0.25, -0.2) is 0 Å². The van der Waals surface area contributed by atoms with Gasteiger partial charge in [-0.05, 0) is 63.1 Å². The summed E-state index contributed by atoms with van der Waals surface area (Å²) in [6.45, 7) is 2.08. The van der Waals surface area contributed by atoms with Crippen LogP contribution in [0.1, 0.15) is 76.2 Å². The fourth-order valence-corrected chi connectivity index (χ4v) is 5.38. The second-order valence-electron chi connectivity index (χ2n) is 9.01. The zero-order valence-electron chi connectivity index (χ0n) is 18.0. The number of ether oxygens (including phenoxy) is 3. The van der Waals surface area contributed by atoms with Crippen molar-refractivity contribution < 1.29 is 23.8 Å². The average molecular weight is 424 g/mol. The van der Waals surface area contributed by atoms with E-state index in [0.29, 0.717) is 23.5 Å². The molecule has 1 aromatic rings. The second kappa shape index (κ2) is 8.48. The fourth-order valence-electron chi connectivity index (χ4n) is 5.38. The first-order chi connectivity index (χ1) is 15.1. The van der Waals surface area contributed by atoms with E-state index >= 15 is 0 Å². The number of carbonyl (C=O) groups excluding carboxylic acids is 2. The van der Waals surface area contributed by atoms with Crippen molar-refractivity contribution in [3.05, 3.63) is 35.0 Å². The van der Waals surface area contributed by atoms with Crippen molar-refractivity contribution in [3.63, 3.8) is 0 Å². The van der Waals surface area contributed by atoms with Crippen LogP contribution in [0.25, 0.3) is 0 Å². The van der Waals surface area contributed by atoms with Gasteiger partial charge in [0.2, 0.25) is 6.79 Å². The van der Waals surface area contributed by atoms with Crippen LogP contribution in [0.15, 0.2) is 34.5 Å². The molecule has 0 saturated heterocycles. The lowest BCUT2D eigenvalue weighted by Gasteiger charge is -2.35. The Labute approximate surface area is 182 Å². The van der Waals surface area contributed by atoms with Crippen molar-refractivity contribution >= 4 is 17.5 Å². The van der Waals surface area contributed by atoms with Crippen LogP contribution in [0.2, 0.25) is 0 Å². The number of nitrogens with zero attached hydrogens (tertiary/aromatic N) is 1. The highest BCUT2D eigenvalue weighted by atomic mass is 16.7. The maximum atomic E-state index is 13.5. The van der Waals surface area contributed by atoms with Crippen LogP contribution in [-0.4, -0.2) is 30.4 Å². The van der Waals surface area contributed by atoms with E-state index < -0.39 is 11.8 Å². The number of carbonyl (C=O) groups is 2. The van der Waals surface area contributed by atoms with Gasteiger partial charge in [-0.2, -0.15) is 0 Å². The van der Waals surface area contributed by atoms with Crippen molar-refractivity contribution in [2.75, 3.05) is 6.79 Å². The number of ketones is 1. The molecule has 0 radical (unpaired) electrons. The molecule has 0 spiro atoms. The first-order valence-electron chi connectivity index (χ1n) is 11.5. The minimum Gasteiger partial charge on any atom is -0.462 e. The maximum Gasteiger partial charge on any atom is 0.315 e. The van der Waals surface area contributed by atoms with E-state index in [4.69, 9.17) is 19.2 Å². The summed E-state index contributed by atoms with van der Waals surface area (Å²) < 4.78 is 17.1. The lowest BCUT2D eigenvalue weighted by atomic mass is 9.71. The van der Waals surface area contributed by atoms with Gasteiger partial charge in [-0.3, -0.25) is 14.6 Å². The minimum atomic E-state index is -0.593. The third-order valence-electron chi connectivity index (χ3n) is 6.93. The van der Waals surface area contributed by atoms with E-state index in [-0.39, 0.29) is 24.6 Å². The fraction of sp³-hybridized carbons (Fsp3) is 0.560. The number of benzene rings is 1. The summed E-state index contributed by atoms with van der Waals surface area (Å²) in [5, 5.41) is 0. The molecular weight excluding hydrogens is 394 g/mol. The summed E-state index contributed by atoms with van der Waals surface area (Å²) in [4.78, 5) is 31.3. The zero-order valence-corrected chi connectivity index (χ0v) is 18.0. The molecule has 2 aliphatic heterocycles. The monoisotopic (exact) mass is 423 g/mol. The van der Waals surface area contributed by atoms with E-state index in [1.54, 1.807) is 0 Å². The molecule has 1 fully saturated rings. The zero-order chi connectivity index (χ0) is 21.4. The highest BCUT2D eigenvalue weighted by Crippen LogP contribution is 2.46. The number of aliphatic imine (C=N–C) groups is 1. The van der Waals surface area contributed by atoms with Crippen LogP contribution in [-0.2, 0) is 14.3 Å². The Morgan fingerprint density at radius 2 is 1.81 bits per heavy atom. The summed E-state index contributed by atoms with van der Waals surface area (Å²) >= 11 is 0. The predicted octanol–water partition coefficient (Wildman–Crippen LogP) is 4.86. The molecule has 2 heterocycles. The Balaban J connectivity index is 1.52. The standard InChI is InChI=1S/C25H29NO5/c1-15-22(25(28)31-17-7-4-2-3-5-8-17)23(24-18(26-15)9-6-10-19(24)27)16-11-12-20-21(13-16)30-14-29-20/h11-13,17,22-23H,2-10,14H2,1H3/t22?,23-/m0/s1. The number of Topliss-reactive ketones (excluding diaryl/α,β-unsaturated/α-hetero) is 1. The van der Waals surface area contributed by atoms with E-state index in [9.17, 15) is 9.59 Å². The molecule has 1 saturated carbocycles. The Bertz CT molecular complexity index is 955. The quantitative estimate of drug-likeness (QED) is 0.513. The highest BCUT2D eigenvalue weighted by molar-refractivity contribution is 6.08. The summed E-state index contributed by atoms with van der Waals surface area (Å²) in [7, 11) is 0. The van der Waals surface area contributed by atoms with Gasteiger partial charge in [-0.1, -0.05) is 18.9 Å². The normalized spacial score (nSPS) is 26.2. The molecule has 2 aliphatic carbocycles. The first-order valence-corrected chi connectivity index (χ1v) is 11.5. The number of hydrogen-bond acceptors (Lipinski definition) is 6. The maximum absolute atomic E-state index is 13.5. The molecule has 2 atom stereocenters. The highest BCUT2D eigenvalue weighted by Gasteiger charge is 2.44. The van der Waals surface area contributed by atoms with Gasteiger partial charge < -0.3 is 14.2 Å². The number of fused-ring (bicyclic) bond motifs is 1. The van der Waals surface area contributed by atoms with Gasteiger partial charge >= 0.3 is 5.97 Å². The van der Waals surface area contributed by atoms with Gasteiger partial charge in [-0.15, -0.1) is 0 Å². The van der Waals surface area contributed by atoms with Crippen LogP contribution in [0.5, 0.6) is 11.5 Å². The van der Waals surface area contributed by atoms with Gasteiger partial charge in [0.25, 0.3) is 0 Å². The summed E-state index contributed by atoms with van der Waals surface area (Å²) in [6, 6.07) is 5.71. The Morgan fingerprint density at radius 3 is 2.61 bits per heavy atom. The molecule has 31 heavy (non-hydrogen) atoms. The average Bonchev–Trinajstić information content (AvgIpc) is 3.08. The van der Waals surface area contributed by atoms with Gasteiger partial charge in [0.05, 0.1) is 0 Å². The Kier molecular flexibility index (Phi) is 5.55. The van der Waals surface area contributed by atoms with E-state index in [0.717, 1.165) is 55.5 Å². The minimum absolute atomic E-state index is 0.0439. The number of allylic oxidation sites excluding steroid dienone is 2. The van der Waals surface area contributed by atoms with Crippen molar-refractivity contribution in [1.29, 1.82) is 0 Å². The summed E-state index contributed by atoms with van der Waals surface area (Å²) in [5.74, 6) is 0.177. The lowest BCUT2D eigenvalue weighted by molar-refractivity contribution is -0.152. The van der Waals surface area contributed by atoms with Crippen LogP contribution in [0.4, 0.5) is 0 Å². The molecule has 6 nitrogen and oxygen atoms in total. The molecule has 0 aromatic heterocycles. The van der Waals surface area contributed by atoms with E-state index in [1.165, 1.54) is 12.8 Å². The van der Waals surface area contributed by atoms with E-state index in [2.05, 4.69) is 0 Å². The Morgan fingerprint density at radius 1 is 1.03 bits per heavy atom. The summed E-state index contributed by atoms with van der Waals surface area (Å²) in [6.07, 6.45) is 8.43. The molecule has 164 valence electrons. The van der Waals surface area contributed by atoms with Crippen molar-refractivity contribution in [2.45, 2.75) is 76.7 Å². The molecular formula is C25H29NO5. The van der Waals surface area contributed by atoms with Crippen molar-refractivity contribution in [3.8, 4) is 11.5 Å². The molecule has 4 aliphatic rings. The van der Waals surface area contributed by atoms with Crippen LogP contribution >= 0.6 is 0 Å². The molecule has 1 aromatic carbocycles. The third-order valence-corrected chi connectivity index (χ3v) is 6.93. The lowest BCUT2D eigenvalue weighted by Crippen LogP contribution is -2.38. The van der Waals surface area contributed by atoms with Gasteiger partial charge in [0.15, 0.2) is 17.3 Å². The van der Waals surface area contributed by atoms with Crippen molar-refractivity contribution in [1.82, 2.24) is 0 Å². The second-order valence-corrected chi connectivity index (χ2v) is 9.01. The van der Waals surface area contributed by atoms with Crippen LogP contribution < -0.4 is 9.47 Å². The number of rotatable bonds is 3. The van der Waals surface area contributed by atoms with Gasteiger partial charge in [0, 0.05) is 29.3 Å². The van der Waals surface area contributed by atoms with Crippen LogP contribution in [0, 0.1) is 5.92 Å². The third kappa shape index (κ3) is 3.88. The van der Waals surface area contributed by atoms with Crippen molar-refractivity contribution in [2.24, 2.45) is 10.9 Å². The summed E-state index contributed by atoms with van der Waals surface area (Å²) in [5.41, 5.74) is 3.12.